The lowest BCUT2D eigenvalue weighted by atomic mass is 9.87. The molecule has 0 aliphatic carbocycles. The molecule has 3 rings (SSSR count). The van der Waals surface area contributed by atoms with Crippen molar-refractivity contribution < 1.29 is 14.3 Å². The summed E-state index contributed by atoms with van der Waals surface area (Å²) in [6.45, 7) is 8.84. The van der Waals surface area contributed by atoms with Gasteiger partial charge in [0, 0.05) is 24.4 Å². The Morgan fingerprint density at radius 2 is 2.12 bits per heavy atom. The molecule has 1 amide bonds. The fourth-order valence-corrected chi connectivity index (χ4v) is 3.50. The second-order valence-electron chi connectivity index (χ2n) is 5.99. The van der Waals surface area contributed by atoms with Crippen LogP contribution in [-0.2, 0) is 9.53 Å². The average molecular weight is 361 g/mol. The maximum atomic E-state index is 13.2. The molecule has 1 aromatic carbocycles. The number of ether oxygens (including phenoxy) is 2. The van der Waals surface area contributed by atoms with Gasteiger partial charge in [0.2, 0.25) is 5.91 Å². The second-order valence-corrected chi connectivity index (χ2v) is 6.40. The van der Waals surface area contributed by atoms with Crippen molar-refractivity contribution in [2.24, 2.45) is 5.92 Å². The highest BCUT2D eigenvalue weighted by Crippen LogP contribution is 2.36. The molecule has 6 nitrogen and oxygen atoms in total. The smallest absolute Gasteiger partial charge is 0.234 e. The van der Waals surface area contributed by atoms with Gasteiger partial charge in [0.25, 0.3) is 0 Å². The average Bonchev–Trinajstić information content (AvgIpc) is 2.62. The SMILES string of the molecule is C=C1NC(=S)N[C@H](c2ccccc2OCC)[C@@H]1C(=O)N1CCOCC1. The lowest BCUT2D eigenvalue weighted by molar-refractivity contribution is -0.139. The molecule has 0 radical (unpaired) electrons. The summed E-state index contributed by atoms with van der Waals surface area (Å²) < 4.78 is 11.1. The van der Waals surface area contributed by atoms with Crippen LogP contribution in [0.3, 0.4) is 0 Å². The minimum absolute atomic E-state index is 0.0205. The number of rotatable bonds is 4. The number of hydrogen-bond donors (Lipinski definition) is 2. The van der Waals surface area contributed by atoms with Crippen LogP contribution in [0.1, 0.15) is 18.5 Å². The minimum atomic E-state index is -0.466. The first-order valence-corrected chi connectivity index (χ1v) is 8.87. The summed E-state index contributed by atoms with van der Waals surface area (Å²) in [5.41, 5.74) is 1.51. The highest BCUT2D eigenvalue weighted by Gasteiger charge is 2.40. The van der Waals surface area contributed by atoms with Crippen LogP contribution >= 0.6 is 12.2 Å². The molecule has 2 heterocycles. The Balaban J connectivity index is 1.94. The zero-order chi connectivity index (χ0) is 17.8. The lowest BCUT2D eigenvalue weighted by Gasteiger charge is -2.39. The van der Waals surface area contributed by atoms with Gasteiger partial charge in [-0.2, -0.15) is 0 Å². The topological polar surface area (TPSA) is 62.8 Å². The highest BCUT2D eigenvalue weighted by atomic mass is 32.1. The van der Waals surface area contributed by atoms with E-state index in [1.807, 2.05) is 36.1 Å². The molecular formula is C18H23N3O3S. The monoisotopic (exact) mass is 361 g/mol. The Hall–Kier alpha value is -2.12. The van der Waals surface area contributed by atoms with Gasteiger partial charge in [-0.3, -0.25) is 4.79 Å². The van der Waals surface area contributed by atoms with Crippen LogP contribution in [-0.4, -0.2) is 48.8 Å². The number of nitrogens with zero attached hydrogens (tertiary/aromatic N) is 1. The van der Waals surface area contributed by atoms with Crippen LogP contribution in [0.4, 0.5) is 0 Å². The largest absolute Gasteiger partial charge is 0.494 e. The normalized spacial score (nSPS) is 23.6. The van der Waals surface area contributed by atoms with E-state index in [9.17, 15) is 4.79 Å². The zero-order valence-electron chi connectivity index (χ0n) is 14.3. The molecule has 0 saturated carbocycles. The molecule has 1 aromatic rings. The summed E-state index contributed by atoms with van der Waals surface area (Å²) in [5.74, 6) is 0.304. The quantitative estimate of drug-likeness (QED) is 0.795. The van der Waals surface area contributed by atoms with Gasteiger partial charge >= 0.3 is 0 Å². The van der Waals surface area contributed by atoms with Crippen LogP contribution in [0.15, 0.2) is 36.5 Å². The number of carbonyl (C=O) groups is 1. The predicted molar refractivity (Wildman–Crippen MR) is 99.3 cm³/mol. The lowest BCUT2D eigenvalue weighted by Crippen LogP contribution is -2.55. The first-order valence-electron chi connectivity index (χ1n) is 8.46. The molecule has 2 atom stereocenters. The van der Waals surface area contributed by atoms with Gasteiger partial charge in [0.15, 0.2) is 5.11 Å². The van der Waals surface area contributed by atoms with Crippen molar-refractivity contribution in [3.05, 3.63) is 42.1 Å². The van der Waals surface area contributed by atoms with E-state index >= 15 is 0 Å². The van der Waals surface area contributed by atoms with Gasteiger partial charge in [-0.1, -0.05) is 24.8 Å². The van der Waals surface area contributed by atoms with Crippen LogP contribution in [0.5, 0.6) is 5.75 Å². The maximum Gasteiger partial charge on any atom is 0.234 e. The number of nitrogens with one attached hydrogen (secondary N) is 2. The number of morpholine rings is 1. The van der Waals surface area contributed by atoms with Crippen LogP contribution in [0.2, 0.25) is 0 Å². The summed E-state index contributed by atoms with van der Waals surface area (Å²) in [6, 6.07) is 7.40. The molecule has 25 heavy (non-hydrogen) atoms. The van der Waals surface area contributed by atoms with E-state index in [2.05, 4.69) is 17.2 Å². The molecule has 2 fully saturated rings. The molecule has 2 saturated heterocycles. The summed E-state index contributed by atoms with van der Waals surface area (Å²) in [4.78, 5) is 15.0. The molecule has 2 N–H and O–H groups in total. The molecule has 0 aromatic heterocycles. The number of amides is 1. The predicted octanol–water partition coefficient (Wildman–Crippen LogP) is 1.59. The van der Waals surface area contributed by atoms with Gasteiger partial charge < -0.3 is 25.0 Å². The van der Waals surface area contributed by atoms with Crippen molar-refractivity contribution in [3.8, 4) is 5.75 Å². The molecule has 2 aliphatic heterocycles. The van der Waals surface area contributed by atoms with E-state index in [4.69, 9.17) is 21.7 Å². The Labute approximate surface area is 153 Å². The Bertz CT molecular complexity index is 673. The van der Waals surface area contributed by atoms with E-state index < -0.39 is 5.92 Å². The summed E-state index contributed by atoms with van der Waals surface area (Å²) in [5, 5.41) is 6.70. The Morgan fingerprint density at radius 1 is 1.40 bits per heavy atom. The highest BCUT2D eigenvalue weighted by molar-refractivity contribution is 7.80. The third-order valence-electron chi connectivity index (χ3n) is 4.41. The van der Waals surface area contributed by atoms with Crippen LogP contribution in [0, 0.1) is 5.92 Å². The van der Waals surface area contributed by atoms with Gasteiger partial charge in [0.05, 0.1) is 25.9 Å². The summed E-state index contributed by atoms with van der Waals surface area (Å²) in [6.07, 6.45) is 0. The van der Waals surface area contributed by atoms with E-state index in [1.54, 1.807) is 0 Å². The summed E-state index contributed by atoms with van der Waals surface area (Å²) >= 11 is 5.29. The molecule has 0 bridgehead atoms. The number of hydrogen-bond acceptors (Lipinski definition) is 4. The molecule has 2 aliphatic rings. The minimum Gasteiger partial charge on any atom is -0.494 e. The molecule has 0 spiro atoms. The van der Waals surface area contributed by atoms with E-state index in [-0.39, 0.29) is 11.9 Å². The number of benzene rings is 1. The molecule has 134 valence electrons. The molecule has 7 heteroatoms. The van der Waals surface area contributed by atoms with E-state index in [1.165, 1.54) is 0 Å². The van der Waals surface area contributed by atoms with Gasteiger partial charge in [-0.05, 0) is 25.2 Å². The first-order chi connectivity index (χ1) is 12.1. The maximum absolute atomic E-state index is 13.2. The van der Waals surface area contributed by atoms with Crippen molar-refractivity contribution in [2.75, 3.05) is 32.9 Å². The van der Waals surface area contributed by atoms with Crippen molar-refractivity contribution >= 4 is 23.2 Å². The zero-order valence-corrected chi connectivity index (χ0v) is 15.1. The first kappa shape index (κ1) is 17.7. The Morgan fingerprint density at radius 3 is 2.84 bits per heavy atom. The number of thiocarbonyl (C=S) groups is 1. The summed E-state index contributed by atoms with van der Waals surface area (Å²) in [7, 11) is 0. The van der Waals surface area contributed by atoms with Crippen molar-refractivity contribution in [1.82, 2.24) is 15.5 Å². The van der Waals surface area contributed by atoms with Crippen LogP contribution in [0.25, 0.3) is 0 Å². The molecule has 0 unspecified atom stereocenters. The number of para-hydroxylation sites is 1. The second kappa shape index (κ2) is 7.84. The van der Waals surface area contributed by atoms with Crippen LogP contribution < -0.4 is 15.4 Å². The van der Waals surface area contributed by atoms with Crippen molar-refractivity contribution in [3.63, 3.8) is 0 Å². The third kappa shape index (κ3) is 3.77. The van der Waals surface area contributed by atoms with Gasteiger partial charge in [0.1, 0.15) is 11.7 Å². The Kier molecular flexibility index (Phi) is 5.55. The number of carbonyl (C=O) groups excluding carboxylic acids is 1. The van der Waals surface area contributed by atoms with E-state index in [0.29, 0.717) is 43.7 Å². The fourth-order valence-electron chi connectivity index (χ4n) is 3.24. The molecular weight excluding hydrogens is 338 g/mol. The third-order valence-corrected chi connectivity index (χ3v) is 4.63. The van der Waals surface area contributed by atoms with Gasteiger partial charge in [-0.15, -0.1) is 0 Å². The van der Waals surface area contributed by atoms with Crippen molar-refractivity contribution in [2.45, 2.75) is 13.0 Å². The standard InChI is InChI=1S/C18H23N3O3S/c1-3-24-14-7-5-4-6-13(14)16-15(12(2)19-18(25)20-16)17(22)21-8-10-23-11-9-21/h4-7,15-16H,2-3,8-11H2,1H3,(H2,19,20,25)/t15-,16-/m1/s1. The fraction of sp³-hybridized carbons (Fsp3) is 0.444. The van der Waals surface area contributed by atoms with Gasteiger partial charge in [-0.25, -0.2) is 0 Å². The van der Waals surface area contributed by atoms with Crippen molar-refractivity contribution in [1.29, 1.82) is 0 Å². The van der Waals surface area contributed by atoms with E-state index in [0.717, 1.165) is 11.3 Å².